The van der Waals surface area contributed by atoms with Crippen LogP contribution in [0, 0.1) is 0 Å². The van der Waals surface area contributed by atoms with Crippen molar-refractivity contribution in [1.82, 2.24) is 14.8 Å². The summed E-state index contributed by atoms with van der Waals surface area (Å²) in [5.41, 5.74) is 1.31. The number of hydrogen-bond donors (Lipinski definition) is 2. The molecule has 2 aromatic heterocycles. The average molecular weight is 406 g/mol. The van der Waals surface area contributed by atoms with Crippen molar-refractivity contribution in [3.8, 4) is 5.69 Å². The predicted molar refractivity (Wildman–Crippen MR) is 109 cm³/mol. The SMILES string of the molecule is CCC(OC(=O)c1cccc2ocnc12)C(=O)Nc1cc(=O)n(-c2ccccc2)[nH]1. The second-order valence-corrected chi connectivity index (χ2v) is 6.48. The molecule has 9 nitrogen and oxygen atoms in total. The fourth-order valence-corrected chi connectivity index (χ4v) is 3.01. The summed E-state index contributed by atoms with van der Waals surface area (Å²) in [6.45, 7) is 1.71. The summed E-state index contributed by atoms with van der Waals surface area (Å²) in [6.07, 6.45) is 0.429. The summed E-state index contributed by atoms with van der Waals surface area (Å²) in [4.78, 5) is 41.4. The quantitative estimate of drug-likeness (QED) is 0.475. The van der Waals surface area contributed by atoms with Gasteiger partial charge in [0.2, 0.25) is 0 Å². The molecule has 1 atom stereocenters. The number of carbonyl (C=O) groups is 2. The van der Waals surface area contributed by atoms with Gasteiger partial charge in [0, 0.05) is 6.07 Å². The fraction of sp³-hybridized carbons (Fsp3) is 0.143. The second kappa shape index (κ2) is 8.08. The molecule has 0 saturated carbocycles. The highest BCUT2D eigenvalue weighted by Crippen LogP contribution is 2.19. The Hall–Kier alpha value is -4.14. The van der Waals surface area contributed by atoms with Crippen LogP contribution in [0.2, 0.25) is 0 Å². The first kappa shape index (κ1) is 19.2. The molecule has 2 heterocycles. The number of nitrogens with zero attached hydrogens (tertiary/aromatic N) is 2. The second-order valence-electron chi connectivity index (χ2n) is 6.48. The minimum absolute atomic E-state index is 0.196. The minimum atomic E-state index is -1.05. The number of esters is 1. The maximum absolute atomic E-state index is 12.6. The standard InChI is InChI=1S/C21H18N4O5/c1-2-15(30-21(28)14-9-6-10-16-19(14)22-12-29-16)20(27)23-17-11-18(26)25(24-17)13-7-4-3-5-8-13/h3-12,15,24H,2H2,1H3,(H,23,27). The third kappa shape index (κ3) is 3.72. The van der Waals surface area contributed by atoms with Gasteiger partial charge in [0.25, 0.3) is 11.5 Å². The van der Waals surface area contributed by atoms with Crippen molar-refractivity contribution in [1.29, 1.82) is 0 Å². The van der Waals surface area contributed by atoms with Gasteiger partial charge in [-0.25, -0.2) is 14.5 Å². The van der Waals surface area contributed by atoms with E-state index in [0.717, 1.165) is 0 Å². The molecule has 4 aromatic rings. The van der Waals surface area contributed by atoms with Crippen LogP contribution in [-0.4, -0.2) is 32.7 Å². The first-order chi connectivity index (χ1) is 14.6. The van der Waals surface area contributed by atoms with Crippen molar-refractivity contribution in [2.45, 2.75) is 19.4 Å². The number of aromatic amines is 1. The van der Waals surface area contributed by atoms with Crippen molar-refractivity contribution in [3.05, 3.63) is 76.9 Å². The van der Waals surface area contributed by atoms with Gasteiger partial charge in [-0.1, -0.05) is 31.2 Å². The maximum atomic E-state index is 12.6. The molecular formula is C21H18N4O5. The number of ether oxygens (including phenoxy) is 1. The lowest BCUT2D eigenvalue weighted by Crippen LogP contribution is -2.32. The Kier molecular flexibility index (Phi) is 5.17. The lowest BCUT2D eigenvalue weighted by atomic mass is 10.2. The maximum Gasteiger partial charge on any atom is 0.341 e. The van der Waals surface area contributed by atoms with Crippen molar-refractivity contribution in [3.63, 3.8) is 0 Å². The molecule has 30 heavy (non-hydrogen) atoms. The number of amides is 1. The average Bonchev–Trinajstić information content (AvgIpc) is 3.38. The van der Waals surface area contributed by atoms with E-state index < -0.39 is 18.0 Å². The van der Waals surface area contributed by atoms with Crippen molar-refractivity contribution in [2.24, 2.45) is 0 Å². The molecule has 0 fully saturated rings. The Morgan fingerprint density at radius 2 is 2.00 bits per heavy atom. The minimum Gasteiger partial charge on any atom is -0.449 e. The lowest BCUT2D eigenvalue weighted by molar-refractivity contribution is -0.124. The van der Waals surface area contributed by atoms with Gasteiger partial charge in [0.15, 0.2) is 18.1 Å². The van der Waals surface area contributed by atoms with E-state index in [4.69, 9.17) is 9.15 Å². The van der Waals surface area contributed by atoms with Gasteiger partial charge in [-0.15, -0.1) is 0 Å². The van der Waals surface area contributed by atoms with Crippen LogP contribution >= 0.6 is 0 Å². The summed E-state index contributed by atoms with van der Waals surface area (Å²) in [5.74, 6) is -1.05. The Morgan fingerprint density at radius 1 is 1.20 bits per heavy atom. The van der Waals surface area contributed by atoms with Crippen LogP contribution < -0.4 is 10.9 Å². The van der Waals surface area contributed by atoms with E-state index in [1.807, 2.05) is 6.07 Å². The Labute approximate surface area is 170 Å². The van der Waals surface area contributed by atoms with Crippen LogP contribution in [0.4, 0.5) is 5.82 Å². The van der Waals surface area contributed by atoms with E-state index in [-0.39, 0.29) is 23.4 Å². The van der Waals surface area contributed by atoms with Crippen molar-refractivity contribution < 1.29 is 18.7 Å². The molecule has 2 N–H and O–H groups in total. The molecule has 0 spiro atoms. The number of carbonyl (C=O) groups excluding carboxylic acids is 2. The normalized spacial score (nSPS) is 11.9. The van der Waals surface area contributed by atoms with E-state index in [0.29, 0.717) is 16.8 Å². The molecule has 0 aliphatic heterocycles. The highest BCUT2D eigenvalue weighted by Gasteiger charge is 2.24. The van der Waals surface area contributed by atoms with E-state index in [9.17, 15) is 14.4 Å². The van der Waals surface area contributed by atoms with Crippen LogP contribution in [0.1, 0.15) is 23.7 Å². The number of para-hydroxylation sites is 2. The Morgan fingerprint density at radius 3 is 2.77 bits per heavy atom. The molecular weight excluding hydrogens is 388 g/mol. The molecule has 152 valence electrons. The Balaban J connectivity index is 1.49. The summed E-state index contributed by atoms with van der Waals surface area (Å²) in [7, 11) is 0. The molecule has 4 rings (SSSR count). The largest absolute Gasteiger partial charge is 0.449 e. The number of aromatic nitrogens is 3. The first-order valence-electron chi connectivity index (χ1n) is 9.28. The van der Waals surface area contributed by atoms with Gasteiger partial charge >= 0.3 is 5.97 Å². The van der Waals surface area contributed by atoms with E-state index in [1.165, 1.54) is 17.1 Å². The molecule has 1 unspecified atom stereocenters. The van der Waals surface area contributed by atoms with Crippen molar-refractivity contribution in [2.75, 3.05) is 5.32 Å². The molecule has 0 aliphatic rings. The summed E-state index contributed by atoms with van der Waals surface area (Å²) >= 11 is 0. The van der Waals surface area contributed by atoms with Gasteiger partial charge in [-0.3, -0.25) is 14.7 Å². The van der Waals surface area contributed by atoms with Crippen LogP contribution in [0.5, 0.6) is 0 Å². The predicted octanol–water partition coefficient (Wildman–Crippen LogP) is 2.88. The Bertz CT molecular complexity index is 1260. The monoisotopic (exact) mass is 406 g/mol. The van der Waals surface area contributed by atoms with E-state index in [1.54, 1.807) is 49.4 Å². The number of rotatable bonds is 6. The third-order valence-corrected chi connectivity index (χ3v) is 4.49. The van der Waals surface area contributed by atoms with Gasteiger partial charge in [-0.2, -0.15) is 0 Å². The van der Waals surface area contributed by atoms with Gasteiger partial charge in [0.1, 0.15) is 11.3 Å². The first-order valence-corrected chi connectivity index (χ1v) is 9.28. The molecule has 0 aliphatic carbocycles. The summed E-state index contributed by atoms with van der Waals surface area (Å²) in [5, 5.41) is 5.41. The zero-order valence-electron chi connectivity index (χ0n) is 16.0. The van der Waals surface area contributed by atoms with Crippen LogP contribution in [0.15, 0.2) is 70.2 Å². The summed E-state index contributed by atoms with van der Waals surface area (Å²) in [6, 6.07) is 15.1. The highest BCUT2D eigenvalue weighted by molar-refractivity contribution is 6.03. The van der Waals surface area contributed by atoms with Crippen molar-refractivity contribution >= 4 is 28.8 Å². The van der Waals surface area contributed by atoms with Crippen LogP contribution in [0.25, 0.3) is 16.8 Å². The number of anilines is 1. The van der Waals surface area contributed by atoms with Gasteiger partial charge < -0.3 is 14.5 Å². The molecule has 1 amide bonds. The molecule has 0 saturated heterocycles. The molecule has 0 bridgehead atoms. The molecule has 2 aromatic carbocycles. The number of hydrogen-bond acceptors (Lipinski definition) is 6. The smallest absolute Gasteiger partial charge is 0.341 e. The topological polar surface area (TPSA) is 119 Å². The van der Waals surface area contributed by atoms with E-state index in [2.05, 4.69) is 15.4 Å². The summed E-state index contributed by atoms with van der Waals surface area (Å²) < 4.78 is 11.9. The van der Waals surface area contributed by atoms with E-state index >= 15 is 0 Å². The number of H-pyrrole nitrogens is 1. The number of benzene rings is 2. The molecule has 0 radical (unpaired) electrons. The van der Waals surface area contributed by atoms with Crippen LogP contribution in [-0.2, 0) is 9.53 Å². The van der Waals surface area contributed by atoms with Gasteiger partial charge in [-0.05, 0) is 30.7 Å². The van der Waals surface area contributed by atoms with Gasteiger partial charge in [0.05, 0.1) is 11.3 Å². The number of fused-ring (bicyclic) bond motifs is 1. The van der Waals surface area contributed by atoms with Crippen LogP contribution in [0.3, 0.4) is 0 Å². The third-order valence-electron chi connectivity index (χ3n) is 4.49. The number of nitrogens with one attached hydrogen (secondary N) is 2. The lowest BCUT2D eigenvalue weighted by Gasteiger charge is -2.15. The highest BCUT2D eigenvalue weighted by atomic mass is 16.5. The zero-order chi connectivity index (χ0) is 21.1. The zero-order valence-corrected chi connectivity index (χ0v) is 16.0. The molecule has 9 heteroatoms. The fourth-order valence-electron chi connectivity index (χ4n) is 3.01. The number of oxazole rings is 1.